The first kappa shape index (κ1) is 35.0. The van der Waals surface area contributed by atoms with Gasteiger partial charge in [0.15, 0.2) is 0 Å². The van der Waals surface area contributed by atoms with Gasteiger partial charge in [0.2, 0.25) is 0 Å². The van der Waals surface area contributed by atoms with E-state index >= 15 is 0 Å². The summed E-state index contributed by atoms with van der Waals surface area (Å²) in [6.07, 6.45) is 0. The van der Waals surface area contributed by atoms with E-state index in [1.807, 2.05) is 0 Å². The van der Waals surface area contributed by atoms with Gasteiger partial charge in [-0.25, -0.2) is 0 Å². The topological polar surface area (TPSA) is 19.7 Å². The normalized spacial score (nSPS) is 12.1. The lowest BCUT2D eigenvalue weighted by Gasteiger charge is -2.13. The summed E-state index contributed by atoms with van der Waals surface area (Å²) >= 11 is 0. The van der Waals surface area contributed by atoms with Crippen molar-refractivity contribution in [2.24, 2.45) is 0 Å². The van der Waals surface area contributed by atoms with Crippen molar-refractivity contribution in [3.05, 3.63) is 231 Å². The molecule has 0 atom stereocenters. The summed E-state index contributed by atoms with van der Waals surface area (Å²) in [5.41, 5.74) is 16.6. The van der Waals surface area contributed by atoms with E-state index in [-0.39, 0.29) is 0 Å². The van der Waals surface area contributed by atoms with Crippen LogP contribution >= 0.6 is 0 Å². The summed E-state index contributed by atoms with van der Waals surface area (Å²) in [5, 5.41) is 9.91. The Kier molecular flexibility index (Phi) is 7.36. The smallest absolute Gasteiger partial charge is 0.0641 e. The minimum absolute atomic E-state index is 1.13. The molecule has 0 aliphatic heterocycles. The van der Waals surface area contributed by atoms with Gasteiger partial charge in [-0.15, -0.1) is 0 Å². The first-order valence-electron chi connectivity index (χ1n) is 22.0. The lowest BCUT2D eigenvalue weighted by atomic mass is 10.1. The van der Waals surface area contributed by atoms with Gasteiger partial charge in [0.1, 0.15) is 0 Å². The van der Waals surface area contributed by atoms with E-state index in [9.17, 15) is 0 Å². The second kappa shape index (κ2) is 13.4. The van der Waals surface area contributed by atoms with Gasteiger partial charge in [-0.05, 0) is 96.1 Å². The molecule has 4 heteroatoms. The number of fused-ring (bicyclic) bond motifs is 13. The monoisotopic (exact) mass is 814 g/mol. The minimum atomic E-state index is 1.13. The van der Waals surface area contributed by atoms with Crippen LogP contribution < -0.4 is 0 Å². The van der Waals surface area contributed by atoms with E-state index in [0.717, 1.165) is 17.1 Å². The van der Waals surface area contributed by atoms with Crippen LogP contribution in [0, 0.1) is 0 Å². The maximum atomic E-state index is 2.48. The SMILES string of the molecule is c1ccc(-c2ccc(-n3c4ccccc4c4ccc5c(c6ccccc6n5-c5ccc6c(c5)c5ccccc5n6-c5cccc6c5c5ccccc5n6-c5ccccc5)c43)cc2)cc1. The second-order valence-corrected chi connectivity index (χ2v) is 16.9. The van der Waals surface area contributed by atoms with Crippen LogP contribution in [0.2, 0.25) is 0 Å². The Hall–Kier alpha value is -8.60. The molecule has 4 heterocycles. The van der Waals surface area contributed by atoms with Gasteiger partial charge in [-0.2, -0.15) is 0 Å². The fraction of sp³-hybridized carbons (Fsp3) is 0. The Balaban J connectivity index is 1.02. The molecule has 0 aliphatic rings. The largest absolute Gasteiger partial charge is 0.309 e. The zero-order chi connectivity index (χ0) is 41.9. The average molecular weight is 815 g/mol. The molecule has 0 fully saturated rings. The van der Waals surface area contributed by atoms with Crippen LogP contribution in [0.25, 0.3) is 121 Å². The van der Waals surface area contributed by atoms with Gasteiger partial charge in [-0.1, -0.05) is 146 Å². The Bertz CT molecular complexity index is 4160. The molecule has 0 spiro atoms. The number of hydrogen-bond donors (Lipinski definition) is 0. The van der Waals surface area contributed by atoms with Gasteiger partial charge in [0, 0.05) is 60.2 Å². The third-order valence-electron chi connectivity index (χ3n) is 13.5. The van der Waals surface area contributed by atoms with E-state index in [1.165, 1.54) is 104 Å². The van der Waals surface area contributed by atoms with E-state index in [0.29, 0.717) is 0 Å². The zero-order valence-electron chi connectivity index (χ0n) is 34.7. The molecule has 14 aromatic rings. The third kappa shape index (κ3) is 4.88. The highest BCUT2D eigenvalue weighted by Crippen LogP contribution is 2.44. The molecule has 298 valence electrons. The lowest BCUT2D eigenvalue weighted by Crippen LogP contribution is -1.97. The molecule has 0 radical (unpaired) electrons. The standard InChI is InChI=1S/C60H38N4/c1-3-16-39(17-4-1)40-30-32-42(33-31-40)63-50-24-11-7-20-44(50)46-35-37-57-59(60(46)63)48-23-10-14-27-53(48)62(57)43-34-36-54-49(38-43)45-21-8-12-25-51(45)64(54)56-29-15-28-55-58(56)47-22-9-13-26-52(47)61(55)41-18-5-2-6-19-41/h1-38H. The number of hydrogen-bond acceptors (Lipinski definition) is 0. The van der Waals surface area contributed by atoms with E-state index in [1.54, 1.807) is 0 Å². The summed E-state index contributed by atoms with van der Waals surface area (Å²) in [4.78, 5) is 0. The molecule has 64 heavy (non-hydrogen) atoms. The van der Waals surface area contributed by atoms with Crippen LogP contribution in [0.4, 0.5) is 0 Å². The molecule has 0 aliphatic carbocycles. The quantitative estimate of drug-likeness (QED) is 0.165. The molecule has 0 bridgehead atoms. The van der Waals surface area contributed by atoms with Crippen LogP contribution in [-0.4, -0.2) is 18.3 Å². The first-order chi connectivity index (χ1) is 31.8. The van der Waals surface area contributed by atoms with Crippen molar-refractivity contribution < 1.29 is 0 Å². The predicted molar refractivity (Wildman–Crippen MR) is 269 cm³/mol. The highest BCUT2D eigenvalue weighted by Gasteiger charge is 2.23. The maximum absolute atomic E-state index is 2.48. The highest BCUT2D eigenvalue weighted by atomic mass is 15.0. The minimum Gasteiger partial charge on any atom is -0.309 e. The molecule has 4 nitrogen and oxygen atoms in total. The van der Waals surface area contributed by atoms with E-state index in [4.69, 9.17) is 0 Å². The average Bonchev–Trinajstić information content (AvgIpc) is 4.09. The van der Waals surface area contributed by atoms with Gasteiger partial charge >= 0.3 is 0 Å². The molecule has 0 amide bonds. The summed E-state index contributed by atoms with van der Waals surface area (Å²) in [6, 6.07) is 84.4. The highest BCUT2D eigenvalue weighted by molar-refractivity contribution is 6.26. The predicted octanol–water partition coefficient (Wildman–Crippen LogP) is 15.7. The molecule has 14 rings (SSSR count). The molecular weight excluding hydrogens is 777 g/mol. The lowest BCUT2D eigenvalue weighted by molar-refractivity contribution is 1.16. The summed E-state index contributed by atoms with van der Waals surface area (Å²) in [5.74, 6) is 0. The van der Waals surface area contributed by atoms with Crippen LogP contribution in [0.15, 0.2) is 231 Å². The van der Waals surface area contributed by atoms with Crippen LogP contribution in [0.3, 0.4) is 0 Å². The van der Waals surface area contributed by atoms with Gasteiger partial charge in [0.05, 0.1) is 49.8 Å². The molecule has 0 saturated heterocycles. The van der Waals surface area contributed by atoms with Gasteiger partial charge < -0.3 is 18.3 Å². The summed E-state index contributed by atoms with van der Waals surface area (Å²) in [7, 11) is 0. The van der Waals surface area contributed by atoms with Crippen molar-refractivity contribution >= 4 is 87.2 Å². The summed E-state index contributed by atoms with van der Waals surface area (Å²) in [6.45, 7) is 0. The van der Waals surface area contributed by atoms with E-state index in [2.05, 4.69) is 249 Å². The van der Waals surface area contributed by atoms with Crippen molar-refractivity contribution in [3.8, 4) is 33.9 Å². The number of aromatic nitrogens is 4. The Morgan fingerprint density at radius 3 is 1.38 bits per heavy atom. The third-order valence-corrected chi connectivity index (χ3v) is 13.5. The van der Waals surface area contributed by atoms with Crippen molar-refractivity contribution in [2.75, 3.05) is 0 Å². The van der Waals surface area contributed by atoms with Crippen LogP contribution in [0.5, 0.6) is 0 Å². The molecule has 4 aromatic heterocycles. The fourth-order valence-corrected chi connectivity index (χ4v) is 10.9. The summed E-state index contributed by atoms with van der Waals surface area (Å²) < 4.78 is 9.84. The maximum Gasteiger partial charge on any atom is 0.0641 e. The van der Waals surface area contributed by atoms with Crippen LogP contribution in [0.1, 0.15) is 0 Å². The van der Waals surface area contributed by atoms with Gasteiger partial charge in [0.25, 0.3) is 0 Å². The Morgan fingerprint density at radius 2 is 0.672 bits per heavy atom. The number of para-hydroxylation sites is 5. The van der Waals surface area contributed by atoms with Crippen molar-refractivity contribution in [1.82, 2.24) is 18.3 Å². The number of nitrogens with zero attached hydrogens (tertiary/aromatic N) is 4. The van der Waals surface area contributed by atoms with Gasteiger partial charge in [-0.3, -0.25) is 0 Å². The number of benzene rings is 10. The van der Waals surface area contributed by atoms with E-state index < -0.39 is 0 Å². The van der Waals surface area contributed by atoms with Crippen molar-refractivity contribution in [2.45, 2.75) is 0 Å². The zero-order valence-corrected chi connectivity index (χ0v) is 34.7. The molecule has 0 N–H and O–H groups in total. The molecule has 0 saturated carbocycles. The number of rotatable bonds is 5. The first-order valence-corrected chi connectivity index (χ1v) is 22.0. The molecule has 10 aromatic carbocycles. The Morgan fingerprint density at radius 1 is 0.219 bits per heavy atom. The molecular formula is C60H38N4. The van der Waals surface area contributed by atoms with Crippen molar-refractivity contribution in [3.63, 3.8) is 0 Å². The fourth-order valence-electron chi connectivity index (χ4n) is 10.9. The molecule has 0 unspecified atom stereocenters. The second-order valence-electron chi connectivity index (χ2n) is 16.9. The van der Waals surface area contributed by atoms with Crippen LogP contribution in [-0.2, 0) is 0 Å². The van der Waals surface area contributed by atoms with Crippen molar-refractivity contribution in [1.29, 1.82) is 0 Å². The Labute approximate surface area is 368 Å².